The summed E-state index contributed by atoms with van der Waals surface area (Å²) in [4.78, 5) is 19.6. The molecule has 0 radical (unpaired) electrons. The first-order valence-electron chi connectivity index (χ1n) is 9.15. The van der Waals surface area contributed by atoms with Gasteiger partial charge in [-0.1, -0.05) is 54.6 Å². The van der Waals surface area contributed by atoms with Gasteiger partial charge in [-0.25, -0.2) is 0 Å². The van der Waals surface area contributed by atoms with Crippen molar-refractivity contribution in [3.63, 3.8) is 0 Å². The first kappa shape index (κ1) is 17.2. The third-order valence-corrected chi connectivity index (χ3v) is 5.32. The summed E-state index contributed by atoms with van der Waals surface area (Å²) < 4.78 is 0. The molecule has 134 valence electrons. The Labute approximate surface area is 159 Å². The van der Waals surface area contributed by atoms with Crippen LogP contribution in [0.1, 0.15) is 16.8 Å². The Balaban J connectivity index is 1.71. The lowest BCUT2D eigenvalue weighted by Crippen LogP contribution is -2.28. The number of nitrogens with zero attached hydrogens (tertiary/aromatic N) is 2. The van der Waals surface area contributed by atoms with E-state index in [0.717, 1.165) is 44.2 Å². The fourth-order valence-corrected chi connectivity index (χ4v) is 3.74. The van der Waals surface area contributed by atoms with E-state index in [1.165, 1.54) is 0 Å². The molecule has 0 aliphatic carbocycles. The van der Waals surface area contributed by atoms with E-state index in [1.807, 2.05) is 56.4 Å². The summed E-state index contributed by atoms with van der Waals surface area (Å²) in [5, 5.41) is 3.33. The van der Waals surface area contributed by atoms with Gasteiger partial charge < -0.3 is 4.90 Å². The van der Waals surface area contributed by atoms with Gasteiger partial charge in [0.15, 0.2) is 0 Å². The van der Waals surface area contributed by atoms with Crippen LogP contribution in [0.5, 0.6) is 0 Å². The molecule has 0 atom stereocenters. The smallest absolute Gasteiger partial charge is 0.231 e. The van der Waals surface area contributed by atoms with Crippen molar-refractivity contribution in [1.29, 1.82) is 0 Å². The number of rotatable bonds is 3. The van der Waals surface area contributed by atoms with Crippen LogP contribution in [0.15, 0.2) is 66.7 Å². The highest BCUT2D eigenvalue weighted by atomic mass is 16.2. The number of aryl methyl sites for hydroxylation is 2. The number of hydrogen-bond donors (Lipinski definition) is 0. The number of anilines is 1. The zero-order chi connectivity index (χ0) is 19.0. The van der Waals surface area contributed by atoms with E-state index in [2.05, 4.69) is 31.2 Å². The Morgan fingerprint density at radius 1 is 0.889 bits per heavy atom. The van der Waals surface area contributed by atoms with Gasteiger partial charge in [-0.05, 0) is 42.5 Å². The molecule has 3 nitrogen and oxygen atoms in total. The molecule has 0 saturated carbocycles. The molecule has 0 aliphatic heterocycles. The average Bonchev–Trinajstić information content (AvgIpc) is 2.70. The van der Waals surface area contributed by atoms with Crippen LogP contribution in [-0.2, 0) is 11.2 Å². The first-order valence-corrected chi connectivity index (χ1v) is 9.15. The lowest BCUT2D eigenvalue weighted by molar-refractivity contribution is -0.117. The number of fused-ring (bicyclic) bond motifs is 2. The second-order valence-electron chi connectivity index (χ2n) is 6.95. The molecule has 3 heteroatoms. The number of carbonyl (C=O) groups is 1. The minimum absolute atomic E-state index is 0.0645. The summed E-state index contributed by atoms with van der Waals surface area (Å²) in [6.07, 6.45) is 0.342. The highest BCUT2D eigenvalue weighted by Gasteiger charge is 2.18. The molecular formula is C24H22N2O. The summed E-state index contributed by atoms with van der Waals surface area (Å²) in [7, 11) is 1.85. The maximum atomic E-state index is 13.1. The van der Waals surface area contributed by atoms with Gasteiger partial charge in [-0.2, -0.15) is 0 Å². The molecule has 27 heavy (non-hydrogen) atoms. The van der Waals surface area contributed by atoms with Gasteiger partial charge in [0.1, 0.15) is 0 Å². The number of para-hydroxylation sites is 1. The number of amides is 1. The number of benzene rings is 3. The quantitative estimate of drug-likeness (QED) is 0.506. The van der Waals surface area contributed by atoms with Crippen LogP contribution in [-0.4, -0.2) is 17.9 Å². The SMILES string of the molecule is Cc1nc2ccccc2c(C)c1CC(=O)N(C)c1cccc2ccccc12. The van der Waals surface area contributed by atoms with Crippen molar-refractivity contribution in [2.45, 2.75) is 20.3 Å². The van der Waals surface area contributed by atoms with E-state index >= 15 is 0 Å². The fraction of sp³-hybridized carbons (Fsp3) is 0.167. The van der Waals surface area contributed by atoms with Crippen molar-refractivity contribution in [3.05, 3.63) is 83.6 Å². The second kappa shape index (κ2) is 6.84. The molecular weight excluding hydrogens is 332 g/mol. The summed E-state index contributed by atoms with van der Waals surface area (Å²) >= 11 is 0. The topological polar surface area (TPSA) is 33.2 Å². The lowest BCUT2D eigenvalue weighted by atomic mass is 9.99. The van der Waals surface area contributed by atoms with E-state index in [4.69, 9.17) is 4.98 Å². The van der Waals surface area contributed by atoms with Gasteiger partial charge in [-0.3, -0.25) is 9.78 Å². The molecule has 0 spiro atoms. The fourth-order valence-electron chi connectivity index (χ4n) is 3.74. The van der Waals surface area contributed by atoms with Gasteiger partial charge in [-0.15, -0.1) is 0 Å². The molecule has 1 heterocycles. The summed E-state index contributed by atoms with van der Waals surface area (Å²) in [6, 6.07) is 22.3. The van der Waals surface area contributed by atoms with Crippen LogP contribution in [0.3, 0.4) is 0 Å². The van der Waals surface area contributed by atoms with Gasteiger partial charge in [0, 0.05) is 23.5 Å². The number of likely N-dealkylation sites (N-methyl/N-ethyl adjacent to an activating group) is 1. The highest BCUT2D eigenvalue weighted by Crippen LogP contribution is 2.28. The average molecular weight is 354 g/mol. The van der Waals surface area contributed by atoms with Crippen LogP contribution in [0.4, 0.5) is 5.69 Å². The summed E-state index contributed by atoms with van der Waals surface area (Å²) in [5.41, 5.74) is 4.99. The van der Waals surface area contributed by atoms with E-state index < -0.39 is 0 Å². The van der Waals surface area contributed by atoms with Crippen molar-refractivity contribution >= 4 is 33.3 Å². The zero-order valence-electron chi connectivity index (χ0n) is 15.9. The van der Waals surface area contributed by atoms with Crippen LogP contribution in [0.2, 0.25) is 0 Å². The van der Waals surface area contributed by atoms with E-state index in [0.29, 0.717) is 6.42 Å². The van der Waals surface area contributed by atoms with Gasteiger partial charge in [0.05, 0.1) is 17.6 Å². The Bertz CT molecular complexity index is 1160. The summed E-state index contributed by atoms with van der Waals surface area (Å²) in [6.45, 7) is 4.07. The molecule has 0 fully saturated rings. The van der Waals surface area contributed by atoms with Crippen molar-refractivity contribution in [2.24, 2.45) is 0 Å². The minimum Gasteiger partial charge on any atom is -0.315 e. The molecule has 0 N–H and O–H groups in total. The molecule has 0 saturated heterocycles. The molecule has 1 aromatic heterocycles. The standard InChI is InChI=1S/C24H22N2O/c1-16-19-11-6-7-13-22(19)25-17(2)21(16)15-24(27)26(3)23-14-8-10-18-9-4-5-12-20(18)23/h4-14H,15H2,1-3H3. The molecule has 4 aromatic rings. The van der Waals surface area contributed by atoms with Crippen molar-refractivity contribution in [2.75, 3.05) is 11.9 Å². The minimum atomic E-state index is 0.0645. The molecule has 0 unspecified atom stereocenters. The van der Waals surface area contributed by atoms with Crippen molar-refractivity contribution < 1.29 is 4.79 Å². The maximum absolute atomic E-state index is 13.1. The van der Waals surface area contributed by atoms with Gasteiger partial charge in [0.25, 0.3) is 0 Å². The van der Waals surface area contributed by atoms with E-state index in [1.54, 1.807) is 4.90 Å². The second-order valence-corrected chi connectivity index (χ2v) is 6.95. The Morgan fingerprint density at radius 3 is 2.37 bits per heavy atom. The van der Waals surface area contributed by atoms with Crippen LogP contribution < -0.4 is 4.90 Å². The maximum Gasteiger partial charge on any atom is 0.231 e. The van der Waals surface area contributed by atoms with Crippen molar-refractivity contribution in [1.82, 2.24) is 4.98 Å². The summed E-state index contributed by atoms with van der Waals surface area (Å²) in [5.74, 6) is 0.0645. The largest absolute Gasteiger partial charge is 0.315 e. The predicted molar refractivity (Wildman–Crippen MR) is 112 cm³/mol. The third kappa shape index (κ3) is 3.06. The highest BCUT2D eigenvalue weighted by molar-refractivity contribution is 6.04. The molecule has 0 bridgehead atoms. The third-order valence-electron chi connectivity index (χ3n) is 5.32. The lowest BCUT2D eigenvalue weighted by Gasteiger charge is -2.21. The zero-order valence-corrected chi connectivity index (χ0v) is 15.9. The van der Waals surface area contributed by atoms with Gasteiger partial charge in [0.2, 0.25) is 5.91 Å². The number of aromatic nitrogens is 1. The molecule has 0 aliphatic rings. The number of carbonyl (C=O) groups excluding carboxylic acids is 1. The monoisotopic (exact) mass is 354 g/mol. The molecule has 4 rings (SSSR count). The van der Waals surface area contributed by atoms with Crippen LogP contribution in [0, 0.1) is 13.8 Å². The first-order chi connectivity index (χ1) is 13.1. The van der Waals surface area contributed by atoms with Crippen LogP contribution >= 0.6 is 0 Å². The predicted octanol–water partition coefficient (Wildman–Crippen LogP) is 5.21. The number of pyridine rings is 1. The van der Waals surface area contributed by atoms with E-state index in [-0.39, 0.29) is 5.91 Å². The molecule has 3 aromatic carbocycles. The van der Waals surface area contributed by atoms with E-state index in [9.17, 15) is 4.79 Å². The normalized spacial score (nSPS) is 11.1. The van der Waals surface area contributed by atoms with Crippen molar-refractivity contribution in [3.8, 4) is 0 Å². The Hall–Kier alpha value is -3.20. The van der Waals surface area contributed by atoms with Gasteiger partial charge >= 0.3 is 0 Å². The number of hydrogen-bond acceptors (Lipinski definition) is 2. The Kier molecular flexibility index (Phi) is 4.36. The molecule has 1 amide bonds. The van der Waals surface area contributed by atoms with Crippen LogP contribution in [0.25, 0.3) is 21.7 Å². The Morgan fingerprint density at radius 2 is 1.56 bits per heavy atom.